The summed E-state index contributed by atoms with van der Waals surface area (Å²) >= 11 is 5.18. The van der Waals surface area contributed by atoms with E-state index >= 15 is 0 Å². The summed E-state index contributed by atoms with van der Waals surface area (Å²) in [6, 6.07) is 0. The maximum atomic E-state index is 13.1. The average molecular weight is 339 g/mol. The van der Waals surface area contributed by atoms with Crippen molar-refractivity contribution in [3.05, 3.63) is 20.8 Å². The van der Waals surface area contributed by atoms with Gasteiger partial charge in [0.05, 0.1) is 0 Å². The molecule has 5 rings (SSSR count). The Morgan fingerprint density at radius 3 is 2.47 bits per heavy atom. The number of thiophene rings is 1. The van der Waals surface area contributed by atoms with Crippen LogP contribution in [0.15, 0.2) is 15.2 Å². The number of ketones is 1. The van der Waals surface area contributed by atoms with E-state index in [1.165, 1.54) is 19.3 Å². The third-order valence-electron chi connectivity index (χ3n) is 5.69. The lowest BCUT2D eigenvalue weighted by Gasteiger charge is -2.60. The topological polar surface area (TPSA) is 17.1 Å². The lowest BCUT2D eigenvalue weighted by Crippen LogP contribution is -2.54. The Hall–Kier alpha value is -0.150. The molecule has 4 bridgehead atoms. The van der Waals surface area contributed by atoms with Gasteiger partial charge >= 0.3 is 0 Å². The molecule has 4 fully saturated rings. The van der Waals surface area contributed by atoms with E-state index in [2.05, 4.69) is 22.9 Å². The van der Waals surface area contributed by atoms with Crippen LogP contribution in [0.2, 0.25) is 0 Å². The minimum absolute atomic E-state index is 0.0254. The van der Waals surface area contributed by atoms with Crippen molar-refractivity contribution in [2.45, 2.75) is 45.4 Å². The SMILES string of the molecule is CC12CC3CC(C1)CC(C(=O)c1cscc1Br)(C3)C2. The molecule has 102 valence electrons. The summed E-state index contributed by atoms with van der Waals surface area (Å²) in [5.74, 6) is 2.06. The van der Waals surface area contributed by atoms with Crippen molar-refractivity contribution < 1.29 is 4.79 Å². The Morgan fingerprint density at radius 1 is 1.26 bits per heavy atom. The van der Waals surface area contributed by atoms with Gasteiger partial charge in [0.1, 0.15) is 0 Å². The van der Waals surface area contributed by atoms with Crippen molar-refractivity contribution in [1.29, 1.82) is 0 Å². The highest BCUT2D eigenvalue weighted by atomic mass is 79.9. The average Bonchev–Trinajstić information content (AvgIpc) is 2.71. The molecule has 4 aliphatic rings. The van der Waals surface area contributed by atoms with Crippen LogP contribution < -0.4 is 0 Å². The van der Waals surface area contributed by atoms with Gasteiger partial charge in [-0.15, -0.1) is 0 Å². The van der Waals surface area contributed by atoms with Crippen molar-refractivity contribution in [2.24, 2.45) is 22.7 Å². The number of halogens is 1. The van der Waals surface area contributed by atoms with Gasteiger partial charge in [-0.2, -0.15) is 11.3 Å². The molecule has 0 N–H and O–H groups in total. The summed E-state index contributed by atoms with van der Waals surface area (Å²) in [6.07, 6.45) is 7.55. The number of carbonyl (C=O) groups excluding carboxylic acids is 1. The van der Waals surface area contributed by atoms with Gasteiger partial charge in [0.2, 0.25) is 0 Å². The molecule has 1 aromatic heterocycles. The minimum atomic E-state index is -0.0254. The fraction of sp³-hybridized carbons (Fsp3) is 0.688. The first kappa shape index (κ1) is 12.6. The Morgan fingerprint density at radius 2 is 1.95 bits per heavy atom. The van der Waals surface area contributed by atoms with Crippen molar-refractivity contribution >= 4 is 33.0 Å². The second-order valence-corrected chi connectivity index (χ2v) is 9.11. The molecule has 1 aromatic rings. The Kier molecular flexibility index (Phi) is 2.61. The highest BCUT2D eigenvalue weighted by Crippen LogP contribution is 2.66. The largest absolute Gasteiger partial charge is 0.293 e. The summed E-state index contributed by atoms with van der Waals surface area (Å²) in [4.78, 5) is 13.1. The van der Waals surface area contributed by atoms with Crippen LogP contribution in [0.1, 0.15) is 55.8 Å². The first-order chi connectivity index (χ1) is 9.00. The molecule has 19 heavy (non-hydrogen) atoms. The fourth-order valence-electron chi connectivity index (χ4n) is 5.72. The van der Waals surface area contributed by atoms with Gasteiger partial charge in [0, 0.05) is 26.2 Å². The third kappa shape index (κ3) is 1.80. The molecule has 0 spiro atoms. The van der Waals surface area contributed by atoms with E-state index in [4.69, 9.17) is 0 Å². The zero-order valence-corrected chi connectivity index (χ0v) is 13.6. The highest BCUT2D eigenvalue weighted by molar-refractivity contribution is 9.10. The van der Waals surface area contributed by atoms with E-state index in [1.54, 1.807) is 11.3 Å². The zero-order chi connectivity index (χ0) is 13.3. The second-order valence-electron chi connectivity index (χ2n) is 7.51. The van der Waals surface area contributed by atoms with Gasteiger partial charge in [-0.1, -0.05) is 6.92 Å². The summed E-state index contributed by atoms with van der Waals surface area (Å²) < 4.78 is 1.00. The molecule has 0 saturated heterocycles. The predicted octanol–water partition coefficient (Wildman–Crippen LogP) is 5.30. The molecule has 0 aliphatic heterocycles. The first-order valence-corrected chi connectivity index (χ1v) is 9.00. The van der Waals surface area contributed by atoms with Gasteiger partial charge in [0.15, 0.2) is 5.78 Å². The van der Waals surface area contributed by atoms with Crippen LogP contribution in [0, 0.1) is 22.7 Å². The van der Waals surface area contributed by atoms with Crippen LogP contribution in [0.3, 0.4) is 0 Å². The normalized spacial score (nSPS) is 43.7. The van der Waals surface area contributed by atoms with E-state index in [1.807, 2.05) is 10.8 Å². The zero-order valence-electron chi connectivity index (χ0n) is 11.2. The number of rotatable bonds is 2. The molecule has 0 amide bonds. The van der Waals surface area contributed by atoms with Gasteiger partial charge in [-0.25, -0.2) is 0 Å². The van der Waals surface area contributed by atoms with Crippen LogP contribution >= 0.6 is 27.3 Å². The van der Waals surface area contributed by atoms with Crippen LogP contribution in [-0.2, 0) is 0 Å². The van der Waals surface area contributed by atoms with Crippen molar-refractivity contribution in [2.75, 3.05) is 0 Å². The first-order valence-electron chi connectivity index (χ1n) is 7.26. The predicted molar refractivity (Wildman–Crippen MR) is 81.6 cm³/mol. The lowest BCUT2D eigenvalue weighted by molar-refractivity contribution is -0.0820. The Balaban J connectivity index is 1.74. The van der Waals surface area contributed by atoms with Crippen molar-refractivity contribution in [3.63, 3.8) is 0 Å². The Bertz CT molecular complexity index is 533. The standard InChI is InChI=1S/C16H19BrOS/c1-15-3-10-2-11(4-15)6-16(5-10,9-15)14(18)12-7-19-8-13(12)17/h7-8,10-11H,2-6,9H2,1H3. The minimum Gasteiger partial charge on any atom is -0.293 e. The highest BCUT2D eigenvalue weighted by Gasteiger charge is 2.58. The summed E-state index contributed by atoms with van der Waals surface area (Å²) in [7, 11) is 0. The third-order valence-corrected chi connectivity index (χ3v) is 7.40. The molecule has 0 aromatic carbocycles. The number of hydrogen-bond acceptors (Lipinski definition) is 2. The quantitative estimate of drug-likeness (QED) is 0.668. The molecule has 4 aliphatic carbocycles. The molecule has 2 atom stereocenters. The molecule has 2 unspecified atom stereocenters. The van der Waals surface area contributed by atoms with E-state index in [0.717, 1.165) is 41.1 Å². The van der Waals surface area contributed by atoms with Crippen LogP contribution in [0.5, 0.6) is 0 Å². The molecule has 3 heteroatoms. The molecular weight excluding hydrogens is 320 g/mol. The summed E-state index contributed by atoms with van der Waals surface area (Å²) in [6.45, 7) is 2.43. The monoisotopic (exact) mass is 338 g/mol. The number of hydrogen-bond donors (Lipinski definition) is 0. The number of carbonyl (C=O) groups is 1. The molecule has 4 saturated carbocycles. The van der Waals surface area contributed by atoms with Crippen molar-refractivity contribution in [3.8, 4) is 0 Å². The lowest BCUT2D eigenvalue weighted by atomic mass is 9.43. The van der Waals surface area contributed by atoms with E-state index < -0.39 is 0 Å². The smallest absolute Gasteiger partial charge is 0.171 e. The maximum absolute atomic E-state index is 13.1. The van der Waals surface area contributed by atoms with E-state index in [0.29, 0.717) is 11.2 Å². The number of Topliss-reactive ketones (excluding diaryl/α,β-unsaturated/α-hetero) is 1. The van der Waals surface area contributed by atoms with Crippen LogP contribution in [0.25, 0.3) is 0 Å². The van der Waals surface area contributed by atoms with Gasteiger partial charge in [-0.05, 0) is 71.7 Å². The van der Waals surface area contributed by atoms with Crippen LogP contribution in [-0.4, -0.2) is 5.78 Å². The van der Waals surface area contributed by atoms with Crippen molar-refractivity contribution in [1.82, 2.24) is 0 Å². The Labute approximate surface area is 126 Å². The molecule has 1 heterocycles. The maximum Gasteiger partial charge on any atom is 0.171 e. The molecule has 0 radical (unpaired) electrons. The van der Waals surface area contributed by atoms with Gasteiger partial charge in [0.25, 0.3) is 0 Å². The summed E-state index contributed by atoms with van der Waals surface area (Å²) in [5.41, 5.74) is 1.36. The second kappa shape index (κ2) is 3.94. The van der Waals surface area contributed by atoms with E-state index in [9.17, 15) is 4.79 Å². The molecule has 1 nitrogen and oxygen atoms in total. The molecular formula is C16H19BrOS. The van der Waals surface area contributed by atoms with Gasteiger partial charge < -0.3 is 0 Å². The van der Waals surface area contributed by atoms with Crippen LogP contribution in [0.4, 0.5) is 0 Å². The summed E-state index contributed by atoms with van der Waals surface area (Å²) in [5, 5.41) is 4.07. The fourth-order valence-corrected chi connectivity index (χ4v) is 7.17. The van der Waals surface area contributed by atoms with E-state index in [-0.39, 0.29) is 5.41 Å². The van der Waals surface area contributed by atoms with Gasteiger partial charge in [-0.3, -0.25) is 4.79 Å².